The molecule has 20 heavy (non-hydrogen) atoms. The molecule has 1 aromatic rings. The van der Waals surface area contributed by atoms with Gasteiger partial charge in [-0.2, -0.15) is 0 Å². The quantitative estimate of drug-likeness (QED) is 0.768. The van der Waals surface area contributed by atoms with E-state index in [-0.39, 0.29) is 0 Å². The van der Waals surface area contributed by atoms with Crippen molar-refractivity contribution in [3.63, 3.8) is 0 Å². The van der Waals surface area contributed by atoms with Crippen LogP contribution in [0.3, 0.4) is 0 Å². The van der Waals surface area contributed by atoms with Crippen LogP contribution in [0.25, 0.3) is 0 Å². The standard InChI is InChI=1S/C19H31N/c1-12(2)17-8-7-13(3)11-18(17)20-19-15(5)9-14(4)10-16(19)6/h9-10,12-13,17-18,20H,7-8,11H2,1-6H3. The summed E-state index contributed by atoms with van der Waals surface area (Å²) in [4.78, 5) is 0. The zero-order valence-electron chi connectivity index (χ0n) is 14.1. The molecule has 0 spiro atoms. The molecule has 112 valence electrons. The van der Waals surface area contributed by atoms with Crippen molar-refractivity contribution in [1.29, 1.82) is 0 Å². The van der Waals surface area contributed by atoms with Gasteiger partial charge in [-0.25, -0.2) is 0 Å². The highest BCUT2D eigenvalue weighted by Gasteiger charge is 2.31. The van der Waals surface area contributed by atoms with Crippen molar-refractivity contribution in [2.75, 3.05) is 5.32 Å². The molecular formula is C19H31N. The molecule has 0 bridgehead atoms. The molecule has 0 aromatic heterocycles. The van der Waals surface area contributed by atoms with Crippen molar-refractivity contribution < 1.29 is 0 Å². The van der Waals surface area contributed by atoms with E-state index < -0.39 is 0 Å². The summed E-state index contributed by atoms with van der Waals surface area (Å²) < 4.78 is 0. The lowest BCUT2D eigenvalue weighted by atomic mass is 9.74. The van der Waals surface area contributed by atoms with Gasteiger partial charge in [0, 0.05) is 11.7 Å². The van der Waals surface area contributed by atoms with Crippen LogP contribution < -0.4 is 5.32 Å². The van der Waals surface area contributed by atoms with Crippen molar-refractivity contribution in [2.24, 2.45) is 17.8 Å². The third-order valence-electron chi connectivity index (χ3n) is 5.03. The summed E-state index contributed by atoms with van der Waals surface area (Å²) in [6.45, 7) is 13.8. The van der Waals surface area contributed by atoms with E-state index in [0.717, 1.165) is 17.8 Å². The van der Waals surface area contributed by atoms with Gasteiger partial charge in [0.25, 0.3) is 0 Å². The van der Waals surface area contributed by atoms with Gasteiger partial charge in [0.2, 0.25) is 0 Å². The lowest BCUT2D eigenvalue weighted by molar-refractivity contribution is 0.212. The van der Waals surface area contributed by atoms with Crippen LogP contribution in [0, 0.1) is 38.5 Å². The maximum Gasteiger partial charge on any atom is 0.0402 e. The zero-order chi connectivity index (χ0) is 14.9. The summed E-state index contributed by atoms with van der Waals surface area (Å²) in [6, 6.07) is 5.23. The molecule has 0 heterocycles. The summed E-state index contributed by atoms with van der Waals surface area (Å²) in [7, 11) is 0. The molecule has 1 nitrogen and oxygen atoms in total. The third-order valence-corrected chi connectivity index (χ3v) is 5.03. The van der Waals surface area contributed by atoms with Crippen molar-refractivity contribution >= 4 is 5.69 Å². The van der Waals surface area contributed by atoms with Crippen LogP contribution in [0.5, 0.6) is 0 Å². The Morgan fingerprint density at radius 3 is 2.20 bits per heavy atom. The zero-order valence-corrected chi connectivity index (χ0v) is 14.1. The van der Waals surface area contributed by atoms with Gasteiger partial charge < -0.3 is 5.32 Å². The van der Waals surface area contributed by atoms with Crippen molar-refractivity contribution in [3.05, 3.63) is 28.8 Å². The molecule has 0 amide bonds. The molecule has 0 saturated heterocycles. The minimum absolute atomic E-state index is 0.638. The van der Waals surface area contributed by atoms with Crippen LogP contribution in [-0.2, 0) is 0 Å². The van der Waals surface area contributed by atoms with Crippen LogP contribution in [0.4, 0.5) is 5.69 Å². The number of rotatable bonds is 3. The van der Waals surface area contributed by atoms with Gasteiger partial charge in [-0.05, 0) is 62.5 Å². The molecule has 2 rings (SSSR count). The smallest absolute Gasteiger partial charge is 0.0402 e. The predicted octanol–water partition coefficient (Wildman–Crippen LogP) is 5.48. The number of hydrogen-bond donors (Lipinski definition) is 1. The topological polar surface area (TPSA) is 12.0 Å². The van der Waals surface area contributed by atoms with Crippen molar-refractivity contribution in [2.45, 2.75) is 66.8 Å². The maximum absolute atomic E-state index is 3.91. The lowest BCUT2D eigenvalue weighted by Gasteiger charge is -2.39. The number of benzene rings is 1. The summed E-state index contributed by atoms with van der Waals surface area (Å²) in [5.74, 6) is 2.44. The Morgan fingerprint density at radius 1 is 1.05 bits per heavy atom. The Morgan fingerprint density at radius 2 is 1.65 bits per heavy atom. The van der Waals surface area contributed by atoms with Crippen LogP contribution >= 0.6 is 0 Å². The van der Waals surface area contributed by atoms with E-state index in [0.29, 0.717) is 6.04 Å². The second-order valence-electron chi connectivity index (χ2n) is 7.35. The number of nitrogens with one attached hydrogen (secondary N) is 1. The minimum Gasteiger partial charge on any atom is -0.382 e. The van der Waals surface area contributed by atoms with Crippen molar-refractivity contribution in [1.82, 2.24) is 0 Å². The molecule has 1 saturated carbocycles. The first-order valence-electron chi connectivity index (χ1n) is 8.23. The average Bonchev–Trinajstić information content (AvgIpc) is 2.33. The number of anilines is 1. The normalized spacial score (nSPS) is 26.9. The summed E-state index contributed by atoms with van der Waals surface area (Å²) in [5, 5.41) is 3.91. The average molecular weight is 273 g/mol. The SMILES string of the molecule is Cc1cc(C)c(NC2CC(C)CCC2C(C)C)c(C)c1. The van der Waals surface area contributed by atoms with Crippen LogP contribution in [0.1, 0.15) is 56.7 Å². The van der Waals surface area contributed by atoms with Crippen molar-refractivity contribution in [3.8, 4) is 0 Å². The molecule has 3 unspecified atom stereocenters. The Balaban J connectivity index is 2.22. The minimum atomic E-state index is 0.638. The van der Waals surface area contributed by atoms with Crippen LogP contribution in [0.15, 0.2) is 12.1 Å². The Hall–Kier alpha value is -0.980. The molecule has 1 aliphatic carbocycles. The van der Waals surface area contributed by atoms with Crippen LogP contribution in [-0.4, -0.2) is 6.04 Å². The van der Waals surface area contributed by atoms with Gasteiger partial charge in [-0.3, -0.25) is 0 Å². The van der Waals surface area contributed by atoms with E-state index in [9.17, 15) is 0 Å². The highest BCUT2D eigenvalue weighted by Crippen LogP contribution is 2.36. The van der Waals surface area contributed by atoms with E-state index in [4.69, 9.17) is 0 Å². The lowest BCUT2D eigenvalue weighted by Crippen LogP contribution is -2.38. The van der Waals surface area contributed by atoms with E-state index in [1.807, 2.05) is 0 Å². The summed E-state index contributed by atoms with van der Waals surface area (Å²) in [6.07, 6.45) is 4.09. The highest BCUT2D eigenvalue weighted by atomic mass is 14.9. The van der Waals surface area contributed by atoms with E-state index in [2.05, 4.69) is 59.0 Å². The first kappa shape index (κ1) is 15.4. The molecule has 1 N–H and O–H groups in total. The molecule has 1 heteroatoms. The fourth-order valence-corrected chi connectivity index (χ4v) is 3.96. The first-order valence-corrected chi connectivity index (χ1v) is 8.23. The molecular weight excluding hydrogens is 242 g/mol. The monoisotopic (exact) mass is 273 g/mol. The molecule has 1 fully saturated rings. The van der Waals surface area contributed by atoms with Gasteiger partial charge in [0.05, 0.1) is 0 Å². The maximum atomic E-state index is 3.91. The molecule has 0 radical (unpaired) electrons. The highest BCUT2D eigenvalue weighted by molar-refractivity contribution is 5.58. The van der Waals surface area contributed by atoms with E-state index in [1.54, 1.807) is 0 Å². The predicted molar refractivity (Wildman–Crippen MR) is 89.4 cm³/mol. The molecule has 1 aromatic carbocycles. The number of aryl methyl sites for hydroxylation is 3. The largest absolute Gasteiger partial charge is 0.382 e. The van der Waals surface area contributed by atoms with Gasteiger partial charge >= 0.3 is 0 Å². The van der Waals surface area contributed by atoms with Gasteiger partial charge in [0.15, 0.2) is 0 Å². The Bertz CT molecular complexity index is 438. The summed E-state index contributed by atoms with van der Waals surface area (Å²) >= 11 is 0. The third kappa shape index (κ3) is 3.37. The Labute approximate surface area is 125 Å². The second-order valence-corrected chi connectivity index (χ2v) is 7.35. The van der Waals surface area contributed by atoms with Gasteiger partial charge in [-0.15, -0.1) is 0 Å². The molecule has 1 aliphatic rings. The summed E-state index contributed by atoms with van der Waals surface area (Å²) in [5.41, 5.74) is 5.52. The Kier molecular flexibility index (Phi) is 4.78. The molecule has 3 atom stereocenters. The van der Waals surface area contributed by atoms with Gasteiger partial charge in [0.1, 0.15) is 0 Å². The fourth-order valence-electron chi connectivity index (χ4n) is 3.96. The van der Waals surface area contributed by atoms with Crippen LogP contribution in [0.2, 0.25) is 0 Å². The number of hydrogen-bond acceptors (Lipinski definition) is 1. The second kappa shape index (κ2) is 6.20. The first-order chi connectivity index (χ1) is 9.38. The van der Waals surface area contributed by atoms with E-state index >= 15 is 0 Å². The fraction of sp³-hybridized carbons (Fsp3) is 0.684. The molecule has 0 aliphatic heterocycles. The van der Waals surface area contributed by atoms with Gasteiger partial charge in [-0.1, -0.05) is 44.9 Å². The van der Waals surface area contributed by atoms with E-state index in [1.165, 1.54) is 41.6 Å².